The van der Waals surface area contributed by atoms with Gasteiger partial charge in [-0.25, -0.2) is 0 Å². The van der Waals surface area contributed by atoms with E-state index < -0.39 is 0 Å². The lowest BCUT2D eigenvalue weighted by atomic mass is 10.1. The molecule has 0 spiro atoms. The Hall–Kier alpha value is -1.31. The van der Waals surface area contributed by atoms with Gasteiger partial charge < -0.3 is 4.74 Å². The molecule has 0 aliphatic heterocycles. The van der Waals surface area contributed by atoms with Gasteiger partial charge >= 0.3 is 5.97 Å². The molecule has 0 saturated carbocycles. The molecule has 0 saturated heterocycles. The highest BCUT2D eigenvalue weighted by Gasteiger charge is 1.87. The molecule has 0 aromatic carbocycles. The number of unbranched alkanes of at least 4 members (excludes halogenated alkanes) is 4. The number of rotatable bonds is 8. The zero-order chi connectivity index (χ0) is 12.1. The van der Waals surface area contributed by atoms with Crippen LogP contribution in [0.4, 0.5) is 0 Å². The number of carbonyl (C=O) groups is 1. The van der Waals surface area contributed by atoms with Crippen molar-refractivity contribution in [2.24, 2.45) is 0 Å². The molecule has 0 aliphatic rings. The first-order chi connectivity index (χ1) is 7.77. The third-order valence-electron chi connectivity index (χ3n) is 2.01. The SMILES string of the molecule is CC=CC=CCCCCCC=COC(C)=O. The third kappa shape index (κ3) is 12.7. The summed E-state index contributed by atoms with van der Waals surface area (Å²) in [7, 11) is 0. The molecule has 0 bridgehead atoms. The molecule has 0 heterocycles. The number of hydrogen-bond donors (Lipinski definition) is 0. The molecule has 0 aromatic heterocycles. The highest BCUT2D eigenvalue weighted by molar-refractivity contribution is 5.66. The largest absolute Gasteiger partial charge is 0.435 e. The Labute approximate surface area is 98.7 Å². The predicted octanol–water partition coefficient (Wildman–Crippen LogP) is 4.15. The van der Waals surface area contributed by atoms with Gasteiger partial charge in [0.05, 0.1) is 6.26 Å². The molecule has 0 N–H and O–H groups in total. The van der Waals surface area contributed by atoms with Crippen molar-refractivity contribution < 1.29 is 9.53 Å². The summed E-state index contributed by atoms with van der Waals surface area (Å²) in [5, 5.41) is 0. The van der Waals surface area contributed by atoms with Gasteiger partial charge in [-0.1, -0.05) is 30.7 Å². The van der Waals surface area contributed by atoms with Crippen LogP contribution in [0, 0.1) is 0 Å². The van der Waals surface area contributed by atoms with Crippen molar-refractivity contribution in [3.8, 4) is 0 Å². The average molecular weight is 222 g/mol. The van der Waals surface area contributed by atoms with E-state index in [0.717, 1.165) is 19.3 Å². The van der Waals surface area contributed by atoms with E-state index in [-0.39, 0.29) is 5.97 Å². The molecular weight excluding hydrogens is 200 g/mol. The number of esters is 1. The van der Waals surface area contributed by atoms with Gasteiger partial charge in [-0.15, -0.1) is 0 Å². The van der Waals surface area contributed by atoms with Gasteiger partial charge in [0, 0.05) is 6.92 Å². The minimum Gasteiger partial charge on any atom is -0.435 e. The number of carbonyl (C=O) groups excluding carboxylic acids is 1. The second-order valence-corrected chi connectivity index (χ2v) is 3.57. The molecule has 0 atom stereocenters. The van der Waals surface area contributed by atoms with Gasteiger partial charge in [0.2, 0.25) is 0 Å². The van der Waals surface area contributed by atoms with Crippen molar-refractivity contribution in [2.75, 3.05) is 0 Å². The van der Waals surface area contributed by atoms with Crippen molar-refractivity contribution in [1.82, 2.24) is 0 Å². The zero-order valence-electron chi connectivity index (χ0n) is 10.3. The second kappa shape index (κ2) is 11.8. The van der Waals surface area contributed by atoms with Crippen LogP contribution in [-0.2, 0) is 9.53 Å². The van der Waals surface area contributed by atoms with Crippen molar-refractivity contribution >= 4 is 5.97 Å². The molecule has 0 aliphatic carbocycles. The molecule has 2 heteroatoms. The maximum atomic E-state index is 10.4. The molecule has 90 valence electrons. The molecule has 0 unspecified atom stereocenters. The number of allylic oxidation sites excluding steroid dienone is 5. The van der Waals surface area contributed by atoms with Crippen LogP contribution in [-0.4, -0.2) is 5.97 Å². The molecular formula is C14H22O2. The Morgan fingerprint density at radius 1 is 1.06 bits per heavy atom. The van der Waals surface area contributed by atoms with Crippen LogP contribution < -0.4 is 0 Å². The smallest absolute Gasteiger partial charge is 0.307 e. The fourth-order valence-electron chi connectivity index (χ4n) is 1.20. The minimum absolute atomic E-state index is 0.259. The van der Waals surface area contributed by atoms with Crippen LogP contribution in [0.15, 0.2) is 36.6 Å². The fraction of sp³-hybridized carbons (Fsp3) is 0.500. The Morgan fingerprint density at radius 2 is 1.75 bits per heavy atom. The van der Waals surface area contributed by atoms with E-state index in [0.29, 0.717) is 0 Å². The first-order valence-electron chi connectivity index (χ1n) is 5.87. The van der Waals surface area contributed by atoms with E-state index in [4.69, 9.17) is 0 Å². The van der Waals surface area contributed by atoms with Crippen LogP contribution in [0.2, 0.25) is 0 Å². The molecule has 0 amide bonds. The average Bonchev–Trinajstić information content (AvgIpc) is 2.25. The Kier molecular flexibility index (Phi) is 10.8. The van der Waals surface area contributed by atoms with E-state index in [1.54, 1.807) is 0 Å². The molecule has 0 radical (unpaired) electrons. The van der Waals surface area contributed by atoms with Crippen molar-refractivity contribution in [3.63, 3.8) is 0 Å². The minimum atomic E-state index is -0.259. The van der Waals surface area contributed by atoms with Gasteiger partial charge in [0.1, 0.15) is 0 Å². The maximum absolute atomic E-state index is 10.4. The summed E-state index contributed by atoms with van der Waals surface area (Å²) in [6.45, 7) is 3.42. The van der Waals surface area contributed by atoms with Crippen LogP contribution in [0.25, 0.3) is 0 Å². The van der Waals surface area contributed by atoms with E-state index >= 15 is 0 Å². The number of hydrogen-bond acceptors (Lipinski definition) is 2. The molecule has 0 fully saturated rings. The lowest BCUT2D eigenvalue weighted by molar-refractivity contribution is -0.135. The first kappa shape index (κ1) is 14.7. The molecule has 2 nitrogen and oxygen atoms in total. The standard InChI is InChI=1S/C14H22O2/c1-3-4-5-6-7-8-9-10-11-12-13-16-14(2)15/h3-6,12-13H,7-11H2,1-2H3. The van der Waals surface area contributed by atoms with E-state index in [1.165, 1.54) is 26.0 Å². The maximum Gasteiger partial charge on any atom is 0.307 e. The summed E-state index contributed by atoms with van der Waals surface area (Å²) in [6.07, 6.45) is 17.4. The highest BCUT2D eigenvalue weighted by atomic mass is 16.5. The van der Waals surface area contributed by atoms with Gasteiger partial charge in [-0.3, -0.25) is 4.79 Å². The lowest BCUT2D eigenvalue weighted by Crippen LogP contribution is -1.89. The van der Waals surface area contributed by atoms with Crippen molar-refractivity contribution in [1.29, 1.82) is 0 Å². The molecule has 0 rings (SSSR count). The van der Waals surface area contributed by atoms with Gasteiger partial charge in [-0.2, -0.15) is 0 Å². The summed E-state index contributed by atoms with van der Waals surface area (Å²) in [6, 6.07) is 0. The van der Waals surface area contributed by atoms with Crippen LogP contribution in [0.1, 0.15) is 46.0 Å². The normalized spacial score (nSPS) is 11.9. The summed E-state index contributed by atoms with van der Waals surface area (Å²) >= 11 is 0. The summed E-state index contributed by atoms with van der Waals surface area (Å²) in [5.74, 6) is -0.259. The Bertz CT molecular complexity index is 249. The fourth-order valence-corrected chi connectivity index (χ4v) is 1.20. The van der Waals surface area contributed by atoms with Crippen LogP contribution in [0.5, 0.6) is 0 Å². The third-order valence-corrected chi connectivity index (χ3v) is 2.01. The Morgan fingerprint density at radius 3 is 2.38 bits per heavy atom. The quantitative estimate of drug-likeness (QED) is 0.267. The van der Waals surface area contributed by atoms with Gasteiger partial charge in [-0.05, 0) is 38.7 Å². The summed E-state index contributed by atoms with van der Waals surface area (Å²) < 4.78 is 4.68. The monoisotopic (exact) mass is 222 g/mol. The van der Waals surface area contributed by atoms with Crippen LogP contribution in [0.3, 0.4) is 0 Å². The summed E-state index contributed by atoms with van der Waals surface area (Å²) in [4.78, 5) is 10.4. The highest BCUT2D eigenvalue weighted by Crippen LogP contribution is 2.04. The summed E-state index contributed by atoms with van der Waals surface area (Å²) in [5.41, 5.74) is 0. The number of ether oxygens (including phenoxy) is 1. The molecule has 16 heavy (non-hydrogen) atoms. The first-order valence-corrected chi connectivity index (χ1v) is 5.87. The van der Waals surface area contributed by atoms with Gasteiger partial charge in [0.25, 0.3) is 0 Å². The molecule has 0 aromatic rings. The van der Waals surface area contributed by atoms with Crippen molar-refractivity contribution in [3.05, 3.63) is 36.6 Å². The topological polar surface area (TPSA) is 26.3 Å². The lowest BCUT2D eigenvalue weighted by Gasteiger charge is -1.95. The van der Waals surface area contributed by atoms with Gasteiger partial charge in [0.15, 0.2) is 0 Å². The zero-order valence-corrected chi connectivity index (χ0v) is 10.3. The predicted molar refractivity (Wildman–Crippen MR) is 67.9 cm³/mol. The van der Waals surface area contributed by atoms with E-state index in [2.05, 4.69) is 16.9 Å². The van der Waals surface area contributed by atoms with E-state index in [9.17, 15) is 4.79 Å². The van der Waals surface area contributed by atoms with E-state index in [1.807, 2.05) is 25.2 Å². The Balaban J connectivity index is 3.21. The van der Waals surface area contributed by atoms with Crippen LogP contribution >= 0.6 is 0 Å². The van der Waals surface area contributed by atoms with Crippen molar-refractivity contribution in [2.45, 2.75) is 46.0 Å². The second-order valence-electron chi connectivity index (χ2n) is 3.57.